The summed E-state index contributed by atoms with van der Waals surface area (Å²) in [7, 11) is -3.62. The summed E-state index contributed by atoms with van der Waals surface area (Å²) in [6, 6.07) is 6.71. The second-order valence-corrected chi connectivity index (χ2v) is 8.83. The Balaban J connectivity index is 1.88. The van der Waals surface area contributed by atoms with Gasteiger partial charge in [-0.25, -0.2) is 8.42 Å². The number of hydrogen-bond acceptors (Lipinski definition) is 8. The van der Waals surface area contributed by atoms with Gasteiger partial charge in [-0.1, -0.05) is 25.2 Å². The van der Waals surface area contributed by atoms with Crippen LogP contribution in [0.1, 0.15) is 29.8 Å². The molecule has 10 nitrogen and oxygen atoms in total. The normalized spacial score (nSPS) is 11.3. The number of esters is 1. The second-order valence-electron chi connectivity index (χ2n) is 6.01. The molecular weight excluding hydrogens is 434 g/mol. The first-order valence-electron chi connectivity index (χ1n) is 8.94. The number of hydrogen-bond donors (Lipinski definition) is 1. The van der Waals surface area contributed by atoms with Crippen molar-refractivity contribution in [2.24, 2.45) is 0 Å². The highest BCUT2D eigenvalue weighted by molar-refractivity contribution is 7.89. The maximum Gasteiger partial charge on any atom is 0.325 e. The van der Waals surface area contributed by atoms with Gasteiger partial charge >= 0.3 is 11.0 Å². The van der Waals surface area contributed by atoms with Gasteiger partial charge in [0.1, 0.15) is 13.2 Å². The van der Waals surface area contributed by atoms with E-state index in [0.717, 1.165) is 11.3 Å². The zero-order valence-electron chi connectivity index (χ0n) is 16.4. The molecule has 0 aliphatic carbocycles. The number of nitrogens with one attached hydrogen (secondary N) is 1. The molecule has 0 saturated heterocycles. The van der Waals surface area contributed by atoms with Crippen molar-refractivity contribution in [3.05, 3.63) is 57.0 Å². The third-order valence-corrected chi connectivity index (χ3v) is 7.07. The maximum atomic E-state index is 12.4. The van der Waals surface area contributed by atoms with Crippen molar-refractivity contribution in [2.75, 3.05) is 19.6 Å². The molecule has 0 bridgehead atoms. The van der Waals surface area contributed by atoms with E-state index in [1.54, 1.807) is 13.8 Å². The molecule has 12 heteroatoms. The Hall–Kier alpha value is -2.83. The number of carbonyl (C=O) groups excluding carboxylic acids is 2. The number of carbonyl (C=O) groups is 2. The maximum absolute atomic E-state index is 12.4. The van der Waals surface area contributed by atoms with Crippen LogP contribution >= 0.6 is 11.3 Å². The van der Waals surface area contributed by atoms with Crippen molar-refractivity contribution in [1.29, 1.82) is 0 Å². The fraction of sp³-hybridized carbons (Fsp3) is 0.333. The van der Waals surface area contributed by atoms with Gasteiger partial charge in [0.05, 0.1) is 9.82 Å². The summed E-state index contributed by atoms with van der Waals surface area (Å²) in [6.45, 7) is 3.61. The van der Waals surface area contributed by atoms with Crippen molar-refractivity contribution in [2.45, 2.75) is 25.3 Å². The van der Waals surface area contributed by atoms with E-state index >= 15 is 0 Å². The topological polar surface area (TPSA) is 136 Å². The largest absolute Gasteiger partial charge is 0.459 e. The van der Waals surface area contributed by atoms with Gasteiger partial charge < -0.3 is 10.1 Å². The van der Waals surface area contributed by atoms with Crippen LogP contribution in [0.15, 0.2) is 40.6 Å². The fourth-order valence-corrected chi connectivity index (χ4v) is 4.67. The Bertz CT molecular complexity index is 1010. The van der Waals surface area contributed by atoms with E-state index < -0.39 is 33.4 Å². The lowest BCUT2D eigenvalue weighted by Gasteiger charge is -2.18. The average molecular weight is 456 g/mol. The van der Waals surface area contributed by atoms with Gasteiger partial charge in [0.15, 0.2) is 0 Å². The number of amides is 1. The third kappa shape index (κ3) is 5.84. The van der Waals surface area contributed by atoms with Crippen LogP contribution in [-0.4, -0.2) is 49.2 Å². The summed E-state index contributed by atoms with van der Waals surface area (Å²) < 4.78 is 31.2. The summed E-state index contributed by atoms with van der Waals surface area (Å²) in [6.07, 6.45) is 0. The highest BCUT2D eigenvalue weighted by Crippen LogP contribution is 2.23. The summed E-state index contributed by atoms with van der Waals surface area (Å²) >= 11 is 0.926. The van der Waals surface area contributed by atoms with E-state index in [4.69, 9.17) is 4.74 Å². The molecule has 0 radical (unpaired) electrons. The van der Waals surface area contributed by atoms with E-state index in [9.17, 15) is 28.1 Å². The Kier molecular flexibility index (Phi) is 8.03. The van der Waals surface area contributed by atoms with E-state index in [0.29, 0.717) is 18.7 Å². The molecule has 0 spiro atoms. The van der Waals surface area contributed by atoms with Gasteiger partial charge in [0.2, 0.25) is 10.0 Å². The molecule has 0 unspecified atom stereocenters. The molecule has 1 aromatic heterocycles. The molecule has 0 atom stereocenters. The van der Waals surface area contributed by atoms with Crippen molar-refractivity contribution >= 4 is 38.2 Å². The van der Waals surface area contributed by atoms with Gasteiger partial charge in [-0.15, -0.1) is 0 Å². The SMILES string of the molecule is CCN(CC)S(=O)(=O)c1ccc(C(=O)NCC(=O)OCc2csc([N+](=O)[O-])c2)cc1. The molecule has 1 amide bonds. The molecule has 0 fully saturated rings. The molecule has 0 aliphatic rings. The molecule has 1 aromatic carbocycles. The first kappa shape index (κ1) is 23.4. The molecule has 30 heavy (non-hydrogen) atoms. The lowest BCUT2D eigenvalue weighted by atomic mass is 10.2. The number of rotatable bonds is 10. The minimum atomic E-state index is -3.62. The van der Waals surface area contributed by atoms with Crippen molar-refractivity contribution in [3.63, 3.8) is 0 Å². The van der Waals surface area contributed by atoms with Crippen LogP contribution < -0.4 is 5.32 Å². The fourth-order valence-electron chi connectivity index (χ4n) is 2.49. The number of thiophene rings is 1. The van der Waals surface area contributed by atoms with Crippen molar-refractivity contribution in [3.8, 4) is 0 Å². The van der Waals surface area contributed by atoms with E-state index in [1.165, 1.54) is 40.0 Å². The highest BCUT2D eigenvalue weighted by Gasteiger charge is 2.21. The molecule has 1 N–H and O–H groups in total. The lowest BCUT2D eigenvalue weighted by molar-refractivity contribution is -0.380. The predicted octanol–water partition coefficient (Wildman–Crippen LogP) is 2.16. The number of nitro groups is 1. The first-order chi connectivity index (χ1) is 14.2. The summed E-state index contributed by atoms with van der Waals surface area (Å²) in [4.78, 5) is 34.1. The van der Waals surface area contributed by atoms with Gasteiger partial charge in [0, 0.05) is 35.7 Å². The minimum Gasteiger partial charge on any atom is -0.459 e. The average Bonchev–Trinajstić information content (AvgIpc) is 3.20. The monoisotopic (exact) mass is 455 g/mol. The van der Waals surface area contributed by atoms with Crippen LogP contribution in [0.25, 0.3) is 0 Å². The lowest BCUT2D eigenvalue weighted by Crippen LogP contribution is -2.31. The zero-order chi connectivity index (χ0) is 22.3. The van der Waals surface area contributed by atoms with E-state index in [1.807, 2.05) is 0 Å². The summed E-state index contributed by atoms with van der Waals surface area (Å²) in [5.41, 5.74) is 0.672. The van der Waals surface area contributed by atoms with Gasteiger partial charge in [0.25, 0.3) is 5.91 Å². The molecular formula is C18H21N3O7S2. The second kappa shape index (κ2) is 10.3. The molecule has 0 saturated carbocycles. The van der Waals surface area contributed by atoms with Gasteiger partial charge in [-0.2, -0.15) is 4.31 Å². The molecule has 0 aliphatic heterocycles. The van der Waals surface area contributed by atoms with Crippen LogP contribution in [0, 0.1) is 10.1 Å². The van der Waals surface area contributed by atoms with Crippen LogP contribution in [0.5, 0.6) is 0 Å². The van der Waals surface area contributed by atoms with Crippen LogP contribution in [-0.2, 0) is 26.2 Å². The molecule has 1 heterocycles. The summed E-state index contributed by atoms with van der Waals surface area (Å²) in [5.74, 6) is -1.28. The molecule has 162 valence electrons. The number of nitrogens with zero attached hydrogens (tertiary/aromatic N) is 2. The Labute approximate surface area is 177 Å². The standard InChI is InChI=1S/C18H21N3O7S2/c1-3-20(4-2)30(26,27)15-7-5-14(6-8-15)18(23)19-10-17(22)28-11-13-9-16(21(24)25)29-12-13/h5-9,12H,3-4,10-11H2,1-2H3,(H,19,23). The van der Waals surface area contributed by atoms with Crippen LogP contribution in [0.3, 0.4) is 0 Å². The third-order valence-electron chi connectivity index (χ3n) is 4.07. The molecule has 2 aromatic rings. The predicted molar refractivity (Wildman–Crippen MR) is 110 cm³/mol. The molecule has 2 rings (SSSR count). The van der Waals surface area contributed by atoms with Gasteiger partial charge in [-0.3, -0.25) is 19.7 Å². The Morgan fingerprint density at radius 1 is 1.20 bits per heavy atom. The first-order valence-corrected chi connectivity index (χ1v) is 11.3. The smallest absolute Gasteiger partial charge is 0.325 e. The number of benzene rings is 1. The Morgan fingerprint density at radius 2 is 1.83 bits per heavy atom. The van der Waals surface area contributed by atoms with Crippen LogP contribution in [0.2, 0.25) is 0 Å². The Morgan fingerprint density at radius 3 is 2.37 bits per heavy atom. The quantitative estimate of drug-likeness (QED) is 0.329. The van der Waals surface area contributed by atoms with E-state index in [-0.39, 0.29) is 22.1 Å². The number of sulfonamides is 1. The highest BCUT2D eigenvalue weighted by atomic mass is 32.2. The zero-order valence-corrected chi connectivity index (χ0v) is 18.0. The van der Waals surface area contributed by atoms with Crippen LogP contribution in [0.4, 0.5) is 5.00 Å². The number of ether oxygens (including phenoxy) is 1. The minimum absolute atomic E-state index is 0.0548. The van der Waals surface area contributed by atoms with Gasteiger partial charge in [-0.05, 0) is 24.3 Å². The summed E-state index contributed by atoms with van der Waals surface area (Å²) in [5, 5.41) is 14.5. The van der Waals surface area contributed by atoms with E-state index in [2.05, 4.69) is 5.32 Å². The van der Waals surface area contributed by atoms with Crippen molar-refractivity contribution < 1.29 is 27.7 Å². The van der Waals surface area contributed by atoms with Crippen molar-refractivity contribution in [1.82, 2.24) is 9.62 Å².